The fourth-order valence-corrected chi connectivity index (χ4v) is 4.43. The van der Waals surface area contributed by atoms with E-state index in [0.29, 0.717) is 5.56 Å². The molecule has 21 heavy (non-hydrogen) atoms. The number of halogens is 3. The number of hydrogen-bond donors (Lipinski definition) is 1. The highest BCUT2D eigenvalue weighted by Crippen LogP contribution is 2.37. The topological polar surface area (TPSA) is 26.0 Å². The van der Waals surface area contributed by atoms with Crippen LogP contribution in [0.2, 0.25) is 0 Å². The molecule has 0 radical (unpaired) electrons. The Morgan fingerprint density at radius 1 is 1.10 bits per heavy atom. The minimum Gasteiger partial charge on any atom is -0.320 e. The Morgan fingerprint density at radius 3 is 2.48 bits per heavy atom. The maximum atomic E-state index is 12.7. The molecule has 1 aromatic carbocycles. The predicted molar refractivity (Wildman–Crippen MR) is 81.9 cm³/mol. The van der Waals surface area contributed by atoms with Crippen molar-refractivity contribution in [3.63, 3.8) is 0 Å². The number of benzene rings is 1. The molecule has 0 fully saturated rings. The summed E-state index contributed by atoms with van der Waals surface area (Å²) in [5, 5.41) is 2.01. The number of thiophene rings is 2. The first-order valence-electron chi connectivity index (χ1n) is 6.26. The van der Waals surface area contributed by atoms with Crippen molar-refractivity contribution < 1.29 is 13.2 Å². The van der Waals surface area contributed by atoms with Crippen LogP contribution in [-0.2, 0) is 6.18 Å². The van der Waals surface area contributed by atoms with Gasteiger partial charge in [0.25, 0.3) is 0 Å². The van der Waals surface area contributed by atoms with Crippen LogP contribution >= 0.6 is 22.7 Å². The van der Waals surface area contributed by atoms with Gasteiger partial charge in [0.15, 0.2) is 0 Å². The van der Waals surface area contributed by atoms with Crippen molar-refractivity contribution in [3.8, 4) is 0 Å². The van der Waals surface area contributed by atoms with Crippen LogP contribution in [0.3, 0.4) is 0 Å². The molecule has 0 spiro atoms. The molecule has 2 aromatic heterocycles. The molecule has 2 heterocycles. The Bertz CT molecular complexity index is 757. The zero-order valence-electron chi connectivity index (χ0n) is 11.1. The lowest BCUT2D eigenvalue weighted by molar-refractivity contribution is -0.137. The van der Waals surface area contributed by atoms with Gasteiger partial charge in [-0.1, -0.05) is 6.07 Å². The van der Waals surface area contributed by atoms with Gasteiger partial charge in [-0.25, -0.2) is 0 Å². The van der Waals surface area contributed by atoms with Gasteiger partial charge in [-0.15, -0.1) is 22.7 Å². The van der Waals surface area contributed by atoms with Gasteiger partial charge in [0, 0.05) is 14.3 Å². The first-order chi connectivity index (χ1) is 9.86. The third-order valence-corrected chi connectivity index (χ3v) is 5.57. The normalized spacial score (nSPS) is 13.8. The fraction of sp³-hybridized carbons (Fsp3) is 0.200. The van der Waals surface area contributed by atoms with Crippen molar-refractivity contribution in [1.29, 1.82) is 0 Å². The highest BCUT2D eigenvalue weighted by atomic mass is 32.1. The lowest BCUT2D eigenvalue weighted by Crippen LogP contribution is -2.13. The Hall–Kier alpha value is -1.37. The van der Waals surface area contributed by atoms with Crippen molar-refractivity contribution in [2.75, 3.05) is 0 Å². The number of nitrogens with two attached hydrogens (primary N) is 1. The Labute approximate surface area is 127 Å². The standard InChI is InChI=1S/C15H12F3NS2/c1-8-6-9(15(16,17)18)2-3-10(8)14(19)13-7-12-11(21-13)4-5-20-12/h2-7,14H,19H2,1H3. The molecular formula is C15H12F3NS2. The van der Waals surface area contributed by atoms with E-state index >= 15 is 0 Å². The molecule has 0 aliphatic heterocycles. The van der Waals surface area contributed by atoms with E-state index in [4.69, 9.17) is 5.73 Å². The van der Waals surface area contributed by atoms with Crippen molar-refractivity contribution >= 4 is 32.1 Å². The van der Waals surface area contributed by atoms with E-state index in [-0.39, 0.29) is 0 Å². The molecule has 6 heteroatoms. The molecule has 0 aliphatic rings. The zero-order chi connectivity index (χ0) is 15.2. The van der Waals surface area contributed by atoms with Crippen LogP contribution in [0.4, 0.5) is 13.2 Å². The highest BCUT2D eigenvalue weighted by Gasteiger charge is 2.31. The van der Waals surface area contributed by atoms with Crippen molar-refractivity contribution in [2.24, 2.45) is 5.73 Å². The minimum atomic E-state index is -4.32. The van der Waals surface area contributed by atoms with Gasteiger partial charge in [-0.3, -0.25) is 0 Å². The molecule has 0 amide bonds. The number of alkyl halides is 3. The average Bonchev–Trinajstić information content (AvgIpc) is 2.97. The molecule has 1 unspecified atom stereocenters. The molecule has 1 nitrogen and oxygen atoms in total. The van der Waals surface area contributed by atoms with Crippen molar-refractivity contribution in [3.05, 3.63) is 57.3 Å². The minimum absolute atomic E-state index is 0.392. The number of hydrogen-bond acceptors (Lipinski definition) is 3. The lowest BCUT2D eigenvalue weighted by Gasteiger charge is -2.15. The van der Waals surface area contributed by atoms with Crippen LogP contribution in [0.1, 0.15) is 27.6 Å². The molecule has 110 valence electrons. The molecule has 2 N–H and O–H groups in total. The monoisotopic (exact) mass is 327 g/mol. The molecule has 3 rings (SSSR count). The van der Waals surface area contributed by atoms with Crippen LogP contribution in [0.25, 0.3) is 9.40 Å². The van der Waals surface area contributed by atoms with E-state index in [0.717, 1.165) is 32.0 Å². The Balaban J connectivity index is 1.97. The van der Waals surface area contributed by atoms with Crippen LogP contribution in [0, 0.1) is 6.92 Å². The van der Waals surface area contributed by atoms with Gasteiger partial charge >= 0.3 is 6.18 Å². The third-order valence-electron chi connectivity index (χ3n) is 3.40. The highest BCUT2D eigenvalue weighted by molar-refractivity contribution is 7.27. The molecule has 0 bridgehead atoms. The first-order valence-corrected chi connectivity index (χ1v) is 7.96. The summed E-state index contributed by atoms with van der Waals surface area (Å²) in [7, 11) is 0. The van der Waals surface area contributed by atoms with E-state index in [2.05, 4.69) is 0 Å². The van der Waals surface area contributed by atoms with Crippen molar-refractivity contribution in [1.82, 2.24) is 0 Å². The second kappa shape index (κ2) is 5.12. The van der Waals surface area contributed by atoms with Gasteiger partial charge in [0.2, 0.25) is 0 Å². The summed E-state index contributed by atoms with van der Waals surface area (Å²) in [6.45, 7) is 1.67. The van der Waals surface area contributed by atoms with E-state index in [1.54, 1.807) is 29.6 Å². The van der Waals surface area contributed by atoms with Gasteiger partial charge in [0.05, 0.1) is 11.6 Å². The number of rotatable bonds is 2. The van der Waals surface area contributed by atoms with E-state index < -0.39 is 17.8 Å². The molecule has 1 atom stereocenters. The van der Waals surface area contributed by atoms with E-state index in [9.17, 15) is 13.2 Å². The molecule has 0 saturated heterocycles. The first kappa shape index (κ1) is 14.6. The maximum absolute atomic E-state index is 12.7. The molecule has 3 aromatic rings. The van der Waals surface area contributed by atoms with Crippen LogP contribution in [-0.4, -0.2) is 0 Å². The Kier molecular flexibility index (Phi) is 3.55. The van der Waals surface area contributed by atoms with E-state index in [1.165, 1.54) is 6.07 Å². The summed E-state index contributed by atoms with van der Waals surface area (Å²) in [6, 6.07) is 7.39. The van der Waals surface area contributed by atoms with Gasteiger partial charge in [-0.2, -0.15) is 13.2 Å². The van der Waals surface area contributed by atoms with Crippen LogP contribution < -0.4 is 5.73 Å². The summed E-state index contributed by atoms with van der Waals surface area (Å²) in [6.07, 6.45) is -4.32. The zero-order valence-corrected chi connectivity index (χ0v) is 12.7. The smallest absolute Gasteiger partial charge is 0.320 e. The van der Waals surface area contributed by atoms with Gasteiger partial charge < -0.3 is 5.73 Å². The predicted octanol–water partition coefficient (Wildman–Crippen LogP) is 5.34. The summed E-state index contributed by atoms with van der Waals surface area (Å²) in [5.41, 5.74) is 6.89. The third kappa shape index (κ3) is 2.71. The van der Waals surface area contributed by atoms with Crippen molar-refractivity contribution in [2.45, 2.75) is 19.1 Å². The number of aryl methyl sites for hydroxylation is 1. The van der Waals surface area contributed by atoms with Crippen LogP contribution in [0.15, 0.2) is 35.7 Å². The van der Waals surface area contributed by atoms with E-state index in [1.807, 2.05) is 17.5 Å². The SMILES string of the molecule is Cc1cc(C(F)(F)F)ccc1C(N)c1cc2sccc2s1. The summed E-state index contributed by atoms with van der Waals surface area (Å²) in [5.74, 6) is 0. The summed E-state index contributed by atoms with van der Waals surface area (Å²) >= 11 is 3.23. The largest absolute Gasteiger partial charge is 0.416 e. The number of fused-ring (bicyclic) bond motifs is 1. The van der Waals surface area contributed by atoms with Crippen LogP contribution in [0.5, 0.6) is 0 Å². The second-order valence-corrected chi connectivity index (χ2v) is 6.91. The van der Waals surface area contributed by atoms with Gasteiger partial charge in [-0.05, 0) is 47.7 Å². The summed E-state index contributed by atoms with van der Waals surface area (Å²) in [4.78, 5) is 0.972. The summed E-state index contributed by atoms with van der Waals surface area (Å²) < 4.78 is 40.4. The van der Waals surface area contributed by atoms with Gasteiger partial charge in [0.1, 0.15) is 0 Å². The Morgan fingerprint density at radius 2 is 1.86 bits per heavy atom. The molecule has 0 aliphatic carbocycles. The molecule has 0 saturated carbocycles. The quantitative estimate of drug-likeness (QED) is 0.675. The average molecular weight is 327 g/mol. The molecular weight excluding hydrogens is 315 g/mol. The maximum Gasteiger partial charge on any atom is 0.416 e. The fourth-order valence-electron chi connectivity index (χ4n) is 2.29. The second-order valence-electron chi connectivity index (χ2n) is 4.84. The lowest BCUT2D eigenvalue weighted by atomic mass is 9.98.